The smallest absolute Gasteiger partial charge is 0.279 e. The van der Waals surface area contributed by atoms with Crippen molar-refractivity contribution in [1.82, 2.24) is 9.97 Å². The van der Waals surface area contributed by atoms with Crippen molar-refractivity contribution >= 4 is 33.1 Å². The van der Waals surface area contributed by atoms with Gasteiger partial charge in [0.05, 0.1) is 11.9 Å². The van der Waals surface area contributed by atoms with E-state index in [0.717, 1.165) is 58.6 Å². The van der Waals surface area contributed by atoms with E-state index in [1.807, 2.05) is 31.2 Å². The number of amides is 1. The highest BCUT2D eigenvalue weighted by Gasteiger charge is 2.22. The van der Waals surface area contributed by atoms with Crippen LogP contribution in [0.15, 0.2) is 29.1 Å². The lowest BCUT2D eigenvalue weighted by Crippen LogP contribution is -3.11. The third kappa shape index (κ3) is 4.26. The van der Waals surface area contributed by atoms with E-state index in [0.29, 0.717) is 18.9 Å². The van der Waals surface area contributed by atoms with Crippen LogP contribution in [0.4, 0.5) is 5.69 Å². The van der Waals surface area contributed by atoms with E-state index in [4.69, 9.17) is 4.98 Å². The molecule has 1 unspecified atom stereocenters. The van der Waals surface area contributed by atoms with Crippen LogP contribution in [0.5, 0.6) is 0 Å². The summed E-state index contributed by atoms with van der Waals surface area (Å²) in [5.74, 6) is 0.635. The molecule has 0 radical (unpaired) electrons. The lowest BCUT2D eigenvalue weighted by atomic mass is 10.2. The van der Waals surface area contributed by atoms with E-state index >= 15 is 0 Å². The van der Waals surface area contributed by atoms with Gasteiger partial charge < -0.3 is 15.2 Å². The van der Waals surface area contributed by atoms with Crippen LogP contribution in [0, 0.1) is 6.92 Å². The minimum Gasteiger partial charge on any atom is -0.321 e. The molecule has 1 aliphatic rings. The average Bonchev–Trinajstić information content (AvgIpc) is 3.24. The summed E-state index contributed by atoms with van der Waals surface area (Å²) < 4.78 is 0. The molecule has 152 valence electrons. The molecule has 7 heteroatoms. The Morgan fingerprint density at radius 3 is 2.93 bits per heavy atom. The van der Waals surface area contributed by atoms with Crippen LogP contribution in [0.25, 0.3) is 10.2 Å². The lowest BCUT2D eigenvalue weighted by Gasteiger charge is -2.18. The highest BCUT2D eigenvalue weighted by atomic mass is 32.1. The zero-order valence-corrected chi connectivity index (χ0v) is 17.7. The Labute approximate surface area is 174 Å². The number of anilines is 1. The van der Waals surface area contributed by atoms with E-state index in [9.17, 15) is 9.59 Å². The Hall–Kier alpha value is -2.51. The molecule has 4 rings (SSSR count). The number of benzene rings is 1. The van der Waals surface area contributed by atoms with Crippen LogP contribution in [-0.4, -0.2) is 29.0 Å². The molecular formula is C22H27N4O2S+. The largest absolute Gasteiger partial charge is 0.321 e. The van der Waals surface area contributed by atoms with Crippen LogP contribution < -0.4 is 15.8 Å². The summed E-state index contributed by atoms with van der Waals surface area (Å²) in [6.07, 6.45) is 4.11. The molecular weight excluding hydrogens is 384 g/mol. The number of nitrogens with one attached hydrogen (secondary N) is 3. The number of hydrogen-bond donors (Lipinski definition) is 3. The summed E-state index contributed by atoms with van der Waals surface area (Å²) in [6.45, 7) is 5.79. The van der Waals surface area contributed by atoms with E-state index in [2.05, 4.69) is 17.2 Å². The van der Waals surface area contributed by atoms with Crippen LogP contribution in [0.3, 0.4) is 0 Å². The topological polar surface area (TPSA) is 79.3 Å². The van der Waals surface area contributed by atoms with Gasteiger partial charge in [0.1, 0.15) is 11.4 Å². The Morgan fingerprint density at radius 1 is 1.31 bits per heavy atom. The zero-order chi connectivity index (χ0) is 20.4. The monoisotopic (exact) mass is 411 g/mol. The molecule has 0 fully saturated rings. The molecule has 3 N–H and O–H groups in total. The van der Waals surface area contributed by atoms with Crippen LogP contribution in [-0.2, 0) is 24.2 Å². The molecule has 0 aliphatic heterocycles. The molecule has 2 aromatic heterocycles. The van der Waals surface area contributed by atoms with Crippen molar-refractivity contribution in [2.45, 2.75) is 46.1 Å². The predicted octanol–water partition coefficient (Wildman–Crippen LogP) is 2.22. The third-order valence-corrected chi connectivity index (χ3v) is 6.66. The fraction of sp³-hybridized carbons (Fsp3) is 0.409. The SMILES string of the molecule is CCC[NH+](CC(=O)Nc1ccccc1C)Cc1nc2sc3c(c2c(=O)[nH]1)CCC3. The molecule has 29 heavy (non-hydrogen) atoms. The number of carbonyl (C=O) groups is 1. The molecule has 1 amide bonds. The van der Waals surface area contributed by atoms with Crippen molar-refractivity contribution in [2.24, 2.45) is 0 Å². The van der Waals surface area contributed by atoms with Gasteiger partial charge in [0.25, 0.3) is 11.5 Å². The number of aromatic nitrogens is 2. The quantitative estimate of drug-likeness (QED) is 0.558. The highest BCUT2D eigenvalue weighted by Crippen LogP contribution is 2.34. The van der Waals surface area contributed by atoms with Crippen LogP contribution in [0.1, 0.15) is 41.6 Å². The second kappa shape index (κ2) is 8.47. The van der Waals surface area contributed by atoms with Gasteiger partial charge in [-0.05, 0) is 49.8 Å². The van der Waals surface area contributed by atoms with Crippen LogP contribution in [0.2, 0.25) is 0 Å². The van der Waals surface area contributed by atoms with Crippen molar-refractivity contribution in [2.75, 3.05) is 18.4 Å². The first-order valence-corrected chi connectivity index (χ1v) is 11.1. The van der Waals surface area contributed by atoms with Gasteiger partial charge >= 0.3 is 0 Å². The van der Waals surface area contributed by atoms with Gasteiger partial charge in [-0.25, -0.2) is 4.98 Å². The Kier molecular flexibility index (Phi) is 5.78. The maximum absolute atomic E-state index is 12.7. The fourth-order valence-electron chi connectivity index (χ4n) is 4.09. The van der Waals surface area contributed by atoms with Gasteiger partial charge in [0.15, 0.2) is 12.4 Å². The molecule has 2 heterocycles. The van der Waals surface area contributed by atoms with Gasteiger partial charge in [-0.2, -0.15) is 0 Å². The number of aromatic amines is 1. The molecule has 1 aromatic carbocycles. The van der Waals surface area contributed by atoms with Gasteiger partial charge in [0.2, 0.25) is 0 Å². The predicted molar refractivity (Wildman–Crippen MR) is 117 cm³/mol. The Balaban J connectivity index is 1.50. The molecule has 1 aliphatic carbocycles. The summed E-state index contributed by atoms with van der Waals surface area (Å²) in [7, 11) is 0. The van der Waals surface area contributed by atoms with E-state index in [-0.39, 0.29) is 11.5 Å². The maximum Gasteiger partial charge on any atom is 0.279 e. The standard InChI is InChI=1S/C22H26N4O2S/c1-3-11-26(13-19(27)23-16-9-5-4-7-14(16)2)12-18-24-21(28)20-15-8-6-10-17(15)29-22(20)25-18/h4-5,7,9H,3,6,8,10-13H2,1-2H3,(H,23,27)(H,24,25,28)/p+1. The molecule has 1 atom stereocenters. The maximum atomic E-state index is 12.7. The molecule has 0 spiro atoms. The van der Waals surface area contributed by atoms with Crippen molar-refractivity contribution in [3.05, 3.63) is 56.4 Å². The Morgan fingerprint density at radius 2 is 2.14 bits per heavy atom. The molecule has 6 nitrogen and oxygen atoms in total. The number of quaternary nitrogens is 1. The number of H-pyrrole nitrogens is 1. The first-order valence-electron chi connectivity index (χ1n) is 10.3. The molecule has 0 bridgehead atoms. The zero-order valence-electron chi connectivity index (χ0n) is 16.9. The molecule has 3 aromatic rings. The van der Waals surface area contributed by atoms with Gasteiger partial charge in [-0.3, -0.25) is 9.59 Å². The highest BCUT2D eigenvalue weighted by molar-refractivity contribution is 7.18. The summed E-state index contributed by atoms with van der Waals surface area (Å²) in [5, 5.41) is 3.78. The second-order valence-corrected chi connectivity index (χ2v) is 8.85. The number of carbonyl (C=O) groups excluding carboxylic acids is 1. The number of para-hydroxylation sites is 1. The summed E-state index contributed by atoms with van der Waals surface area (Å²) in [5.41, 5.74) is 3.04. The summed E-state index contributed by atoms with van der Waals surface area (Å²) in [4.78, 5) is 36.2. The first kappa shape index (κ1) is 19.8. The Bertz CT molecular complexity index is 1100. The van der Waals surface area contributed by atoms with Gasteiger partial charge in [-0.1, -0.05) is 25.1 Å². The molecule has 0 saturated heterocycles. The van der Waals surface area contributed by atoms with Gasteiger partial charge in [0, 0.05) is 10.6 Å². The van der Waals surface area contributed by atoms with Crippen LogP contribution >= 0.6 is 11.3 Å². The third-order valence-electron chi connectivity index (χ3n) is 5.47. The van der Waals surface area contributed by atoms with Crippen molar-refractivity contribution in [1.29, 1.82) is 0 Å². The van der Waals surface area contributed by atoms with Crippen molar-refractivity contribution in [3.63, 3.8) is 0 Å². The normalized spacial score (nSPS) is 14.1. The van der Waals surface area contributed by atoms with Crippen molar-refractivity contribution in [3.8, 4) is 0 Å². The van der Waals surface area contributed by atoms with E-state index in [1.165, 1.54) is 10.4 Å². The fourth-order valence-corrected chi connectivity index (χ4v) is 5.38. The lowest BCUT2D eigenvalue weighted by molar-refractivity contribution is -0.906. The second-order valence-electron chi connectivity index (χ2n) is 7.77. The number of nitrogens with zero attached hydrogens (tertiary/aromatic N) is 1. The number of rotatable bonds is 7. The van der Waals surface area contributed by atoms with E-state index < -0.39 is 0 Å². The molecule has 0 saturated carbocycles. The van der Waals surface area contributed by atoms with Gasteiger partial charge in [-0.15, -0.1) is 11.3 Å². The number of hydrogen-bond acceptors (Lipinski definition) is 4. The minimum atomic E-state index is -0.0374. The van der Waals surface area contributed by atoms with Crippen molar-refractivity contribution < 1.29 is 9.69 Å². The average molecular weight is 412 g/mol. The van der Waals surface area contributed by atoms with E-state index in [1.54, 1.807) is 11.3 Å². The number of thiophene rings is 1. The minimum absolute atomic E-state index is 0.0266. The summed E-state index contributed by atoms with van der Waals surface area (Å²) in [6, 6.07) is 7.77. The number of fused-ring (bicyclic) bond motifs is 3. The number of aryl methyl sites for hydroxylation is 3. The first-order chi connectivity index (χ1) is 14.0. The summed E-state index contributed by atoms with van der Waals surface area (Å²) >= 11 is 1.65.